The Kier molecular flexibility index (Phi) is 5.57. The number of aromatic amines is 1. The van der Waals surface area contributed by atoms with E-state index >= 15 is 0 Å². The molecular weight excluding hydrogens is 448 g/mol. The maximum atomic E-state index is 13.1. The van der Waals surface area contributed by atoms with Crippen LogP contribution in [-0.2, 0) is 17.6 Å². The molecule has 0 bridgehead atoms. The van der Waals surface area contributed by atoms with Crippen molar-refractivity contribution in [1.82, 2.24) is 25.1 Å². The average Bonchev–Trinajstić information content (AvgIpc) is 3.48. The maximum absolute atomic E-state index is 13.1. The minimum absolute atomic E-state index is 0.0797. The maximum Gasteiger partial charge on any atom is 0.226 e. The lowest BCUT2D eigenvalue weighted by Crippen LogP contribution is -2.41. The van der Waals surface area contributed by atoms with Gasteiger partial charge in [-0.05, 0) is 57.1 Å². The number of likely N-dealkylation sites (tertiary alicyclic amines) is 1. The highest BCUT2D eigenvalue weighted by Crippen LogP contribution is 2.42. The van der Waals surface area contributed by atoms with Gasteiger partial charge in [-0.25, -0.2) is 9.97 Å². The van der Waals surface area contributed by atoms with Crippen LogP contribution in [0, 0.1) is 5.92 Å². The first kappa shape index (κ1) is 21.3. The summed E-state index contributed by atoms with van der Waals surface area (Å²) in [6.07, 6.45) is 9.47. The Labute approximate surface area is 201 Å². The molecule has 9 heteroatoms. The number of aryl methyl sites for hydroxylation is 1. The monoisotopic (exact) mass is 476 g/mol. The van der Waals surface area contributed by atoms with Gasteiger partial charge in [0.15, 0.2) is 0 Å². The lowest BCUT2D eigenvalue weighted by Gasteiger charge is -2.32. The number of fused-ring (bicyclic) bond motifs is 4. The van der Waals surface area contributed by atoms with E-state index in [1.54, 1.807) is 23.9 Å². The van der Waals surface area contributed by atoms with E-state index in [0.717, 1.165) is 83.6 Å². The van der Waals surface area contributed by atoms with Crippen molar-refractivity contribution in [2.45, 2.75) is 45.4 Å². The van der Waals surface area contributed by atoms with Crippen LogP contribution in [0.15, 0.2) is 24.7 Å². The second kappa shape index (κ2) is 8.87. The molecule has 1 aliphatic carbocycles. The van der Waals surface area contributed by atoms with E-state index in [1.165, 1.54) is 16.9 Å². The molecule has 1 saturated heterocycles. The molecule has 2 N–H and O–H groups in total. The van der Waals surface area contributed by atoms with Crippen molar-refractivity contribution in [2.75, 3.05) is 25.0 Å². The first-order valence-electron chi connectivity index (χ1n) is 12.1. The summed E-state index contributed by atoms with van der Waals surface area (Å²) in [7, 11) is 0. The Bertz CT molecular complexity index is 1360. The molecule has 1 aromatic carbocycles. The number of carbonyl (C=O) groups is 1. The van der Waals surface area contributed by atoms with Crippen molar-refractivity contribution in [3.63, 3.8) is 0 Å². The van der Waals surface area contributed by atoms with Crippen molar-refractivity contribution >= 4 is 49.9 Å². The molecule has 8 nitrogen and oxygen atoms in total. The largest absolute Gasteiger partial charge is 0.492 e. The molecule has 2 aliphatic rings. The zero-order chi connectivity index (χ0) is 23.1. The smallest absolute Gasteiger partial charge is 0.226 e. The normalized spacial score (nSPS) is 18.3. The van der Waals surface area contributed by atoms with E-state index in [1.807, 2.05) is 19.1 Å². The number of anilines is 2. The molecule has 176 valence electrons. The SMILES string of the molecule is CCOc1cc2[nH]ncc2cc1Nc1ncnc2sc3c(c12)CC[C@@H](C(=O)N1CCCCC1)C3. The fourth-order valence-corrected chi connectivity index (χ4v) is 6.53. The number of H-pyrrole nitrogens is 1. The zero-order valence-electron chi connectivity index (χ0n) is 19.3. The van der Waals surface area contributed by atoms with Gasteiger partial charge in [0.1, 0.15) is 22.7 Å². The number of benzene rings is 1. The summed E-state index contributed by atoms with van der Waals surface area (Å²) in [4.78, 5) is 26.6. The minimum Gasteiger partial charge on any atom is -0.492 e. The summed E-state index contributed by atoms with van der Waals surface area (Å²) in [6, 6.07) is 4.00. The number of nitrogens with zero attached hydrogens (tertiary/aromatic N) is 4. The lowest BCUT2D eigenvalue weighted by molar-refractivity contribution is -0.136. The average molecular weight is 477 g/mol. The van der Waals surface area contributed by atoms with E-state index in [9.17, 15) is 4.79 Å². The highest BCUT2D eigenvalue weighted by Gasteiger charge is 2.32. The molecule has 0 radical (unpaired) electrons. The van der Waals surface area contributed by atoms with Crippen molar-refractivity contribution < 1.29 is 9.53 Å². The van der Waals surface area contributed by atoms with E-state index in [4.69, 9.17) is 4.74 Å². The van der Waals surface area contributed by atoms with Crippen LogP contribution in [-0.4, -0.2) is 50.7 Å². The van der Waals surface area contributed by atoms with Crippen LogP contribution >= 0.6 is 11.3 Å². The number of hydrogen-bond donors (Lipinski definition) is 2. The highest BCUT2D eigenvalue weighted by atomic mass is 32.1. The van der Waals surface area contributed by atoms with Crippen LogP contribution in [0.4, 0.5) is 11.5 Å². The molecule has 0 spiro atoms. The third-order valence-corrected chi connectivity index (χ3v) is 8.12. The third kappa shape index (κ3) is 3.77. The van der Waals surface area contributed by atoms with Crippen molar-refractivity contribution in [2.24, 2.45) is 5.92 Å². The Morgan fingerprint density at radius 3 is 3.00 bits per heavy atom. The predicted octanol–water partition coefficient (Wildman–Crippen LogP) is 4.83. The number of aromatic nitrogens is 4. The Hall–Kier alpha value is -3.20. The summed E-state index contributed by atoms with van der Waals surface area (Å²) in [6.45, 7) is 4.36. The second-order valence-corrected chi connectivity index (χ2v) is 10.2. The quantitative estimate of drug-likeness (QED) is 0.428. The number of nitrogens with one attached hydrogen (secondary N) is 2. The standard InChI is InChI=1S/C25H28N6O2S/c1-2-33-20-12-18-16(13-28-30-18)10-19(20)29-23-22-17-7-6-15(25(32)31-8-4-3-5-9-31)11-21(17)34-24(22)27-14-26-23/h10,12-15H,2-9,11H2,1H3,(H,28,30)(H,26,27,29)/t15-/m1/s1. The molecule has 1 amide bonds. The predicted molar refractivity (Wildman–Crippen MR) is 134 cm³/mol. The summed E-state index contributed by atoms with van der Waals surface area (Å²) in [5.41, 5.74) is 3.07. The second-order valence-electron chi connectivity index (χ2n) is 9.10. The lowest BCUT2D eigenvalue weighted by atomic mass is 9.86. The van der Waals surface area contributed by atoms with Crippen molar-refractivity contribution in [3.05, 3.63) is 35.1 Å². The van der Waals surface area contributed by atoms with Gasteiger partial charge in [-0.2, -0.15) is 5.10 Å². The van der Waals surface area contributed by atoms with Gasteiger partial charge in [0.05, 0.1) is 29.4 Å². The molecule has 0 saturated carbocycles. The number of amides is 1. The summed E-state index contributed by atoms with van der Waals surface area (Å²) < 4.78 is 5.90. The van der Waals surface area contributed by atoms with Crippen LogP contribution < -0.4 is 10.1 Å². The number of carbonyl (C=O) groups excluding carboxylic acids is 1. The molecule has 3 aromatic heterocycles. The minimum atomic E-state index is 0.0797. The number of rotatable bonds is 5. The van der Waals surface area contributed by atoms with Gasteiger partial charge in [-0.3, -0.25) is 9.89 Å². The first-order valence-corrected chi connectivity index (χ1v) is 12.9. The van der Waals surface area contributed by atoms with E-state index in [0.29, 0.717) is 12.5 Å². The number of thiophene rings is 1. The fraction of sp³-hybridized carbons (Fsp3) is 0.440. The van der Waals surface area contributed by atoms with Gasteiger partial charge in [0.25, 0.3) is 0 Å². The van der Waals surface area contributed by atoms with Gasteiger partial charge in [-0.1, -0.05) is 0 Å². The van der Waals surface area contributed by atoms with Crippen molar-refractivity contribution in [1.29, 1.82) is 0 Å². The van der Waals surface area contributed by atoms with Crippen LogP contribution in [0.5, 0.6) is 5.75 Å². The molecular formula is C25H28N6O2S. The van der Waals surface area contributed by atoms with Crippen molar-refractivity contribution in [3.8, 4) is 5.75 Å². The van der Waals surface area contributed by atoms with Gasteiger partial charge in [-0.15, -0.1) is 11.3 Å². The van der Waals surface area contributed by atoms with Gasteiger partial charge < -0.3 is 15.0 Å². The zero-order valence-corrected chi connectivity index (χ0v) is 20.1. The van der Waals surface area contributed by atoms with Crippen LogP contribution in [0.3, 0.4) is 0 Å². The number of hydrogen-bond acceptors (Lipinski definition) is 7. The molecule has 4 heterocycles. The molecule has 6 rings (SSSR count). The molecule has 0 unspecified atom stereocenters. The third-order valence-electron chi connectivity index (χ3n) is 6.96. The van der Waals surface area contributed by atoms with Gasteiger partial charge in [0, 0.05) is 35.3 Å². The molecule has 1 fully saturated rings. The van der Waals surface area contributed by atoms with Gasteiger partial charge in [0.2, 0.25) is 5.91 Å². The molecule has 34 heavy (non-hydrogen) atoms. The summed E-state index contributed by atoms with van der Waals surface area (Å²) >= 11 is 1.70. The highest BCUT2D eigenvalue weighted by molar-refractivity contribution is 7.19. The van der Waals surface area contributed by atoms with E-state index < -0.39 is 0 Å². The summed E-state index contributed by atoms with van der Waals surface area (Å²) in [5.74, 6) is 1.95. The van der Waals surface area contributed by atoms with E-state index in [2.05, 4.69) is 30.4 Å². The van der Waals surface area contributed by atoms with Gasteiger partial charge >= 0.3 is 0 Å². The van der Waals surface area contributed by atoms with Crippen LogP contribution in [0.25, 0.3) is 21.1 Å². The molecule has 1 aliphatic heterocycles. The van der Waals surface area contributed by atoms with Crippen LogP contribution in [0.1, 0.15) is 43.0 Å². The molecule has 1 atom stereocenters. The Morgan fingerprint density at radius 2 is 2.15 bits per heavy atom. The van der Waals surface area contributed by atoms with E-state index in [-0.39, 0.29) is 5.92 Å². The first-order chi connectivity index (χ1) is 16.7. The Morgan fingerprint density at radius 1 is 1.26 bits per heavy atom. The number of ether oxygens (including phenoxy) is 1. The fourth-order valence-electron chi connectivity index (χ4n) is 5.26. The number of piperidine rings is 1. The topological polar surface area (TPSA) is 96.0 Å². The summed E-state index contributed by atoms with van der Waals surface area (Å²) in [5, 5.41) is 12.7. The Balaban J connectivity index is 1.32. The molecule has 4 aromatic rings. The van der Waals surface area contributed by atoms with Crippen LogP contribution in [0.2, 0.25) is 0 Å².